The van der Waals surface area contributed by atoms with Crippen molar-refractivity contribution in [2.75, 3.05) is 5.32 Å². The van der Waals surface area contributed by atoms with Crippen molar-refractivity contribution in [1.82, 2.24) is 4.98 Å². The minimum atomic E-state index is -0.858. The van der Waals surface area contributed by atoms with Crippen LogP contribution < -0.4 is 5.32 Å². The van der Waals surface area contributed by atoms with Gasteiger partial charge in [-0.25, -0.2) is 9.78 Å². The number of hydrogen-bond acceptors (Lipinski definition) is 3. The zero-order valence-corrected chi connectivity index (χ0v) is 19.2. The Morgan fingerprint density at radius 3 is 1.93 bits per heavy atom. The molecule has 1 radical (unpaired) electrons. The van der Waals surface area contributed by atoms with Gasteiger partial charge in [0.1, 0.15) is 11.9 Å². The summed E-state index contributed by atoms with van der Waals surface area (Å²) in [5, 5.41) is 12.6. The van der Waals surface area contributed by atoms with E-state index in [1.165, 1.54) is 0 Å². The molecule has 1 heterocycles. The van der Waals surface area contributed by atoms with Crippen molar-refractivity contribution in [2.24, 2.45) is 5.92 Å². The van der Waals surface area contributed by atoms with E-state index in [4.69, 9.17) is 4.98 Å². The van der Waals surface area contributed by atoms with Crippen LogP contribution in [0.4, 0.5) is 5.82 Å². The van der Waals surface area contributed by atoms with Gasteiger partial charge in [0.25, 0.3) is 0 Å². The third-order valence-electron chi connectivity index (χ3n) is 4.66. The van der Waals surface area contributed by atoms with Crippen LogP contribution in [0.2, 0.25) is 0 Å². The third kappa shape index (κ3) is 6.43. The fourth-order valence-electron chi connectivity index (χ4n) is 3.39. The van der Waals surface area contributed by atoms with Crippen molar-refractivity contribution in [3.05, 3.63) is 95.7 Å². The predicted octanol–water partition coefficient (Wildman–Crippen LogP) is 4.79. The Morgan fingerprint density at radius 1 is 0.897 bits per heavy atom. The van der Waals surface area contributed by atoms with Gasteiger partial charge >= 0.3 is 5.97 Å². The molecule has 5 heteroatoms. The summed E-state index contributed by atoms with van der Waals surface area (Å²) in [6.07, 6.45) is 0.544. The van der Waals surface area contributed by atoms with Crippen LogP contribution in [0.3, 0.4) is 0 Å². The smallest absolute Gasteiger partial charge is 0.326 e. The van der Waals surface area contributed by atoms with E-state index in [-0.39, 0.29) is 41.4 Å². The van der Waals surface area contributed by atoms with Gasteiger partial charge in [-0.1, -0.05) is 80.6 Å². The van der Waals surface area contributed by atoms with E-state index in [0.29, 0.717) is 12.2 Å². The van der Waals surface area contributed by atoms with Gasteiger partial charge in [0.05, 0.1) is 11.6 Å². The number of benzene rings is 2. The van der Waals surface area contributed by atoms with Gasteiger partial charge in [-0.3, -0.25) is 0 Å². The average molecular weight is 397 g/mol. The minimum Gasteiger partial charge on any atom is -0.480 e. The molecule has 0 aliphatic rings. The SMILES string of the molecule is CC(C)CC(Nc1cccc(C(c2ccccc2)c2ccccc2)n1)C(=O)O.[Na]. The molecule has 0 spiro atoms. The van der Waals surface area contributed by atoms with E-state index in [1.54, 1.807) is 0 Å². The number of rotatable bonds is 8. The Labute approximate surface area is 194 Å². The van der Waals surface area contributed by atoms with Gasteiger partial charge in [-0.05, 0) is 35.6 Å². The Bertz CT molecular complexity index is 862. The Kier molecular flexibility index (Phi) is 8.90. The Balaban J connectivity index is 0.00000300. The average Bonchev–Trinajstić information content (AvgIpc) is 2.69. The third-order valence-corrected chi connectivity index (χ3v) is 4.66. The largest absolute Gasteiger partial charge is 0.480 e. The maximum Gasteiger partial charge on any atom is 0.326 e. The summed E-state index contributed by atoms with van der Waals surface area (Å²) in [4.78, 5) is 16.4. The summed E-state index contributed by atoms with van der Waals surface area (Å²) >= 11 is 0. The monoisotopic (exact) mass is 397 g/mol. The van der Waals surface area contributed by atoms with E-state index in [0.717, 1.165) is 16.8 Å². The van der Waals surface area contributed by atoms with Crippen LogP contribution in [-0.4, -0.2) is 51.7 Å². The van der Waals surface area contributed by atoms with Crippen LogP contribution in [0.15, 0.2) is 78.9 Å². The predicted molar refractivity (Wildman–Crippen MR) is 118 cm³/mol. The normalized spacial score (nSPS) is 11.7. The van der Waals surface area contributed by atoms with Gasteiger partial charge in [0.2, 0.25) is 0 Å². The molecule has 145 valence electrons. The van der Waals surface area contributed by atoms with E-state index < -0.39 is 12.0 Å². The Morgan fingerprint density at radius 2 is 1.45 bits per heavy atom. The van der Waals surface area contributed by atoms with E-state index >= 15 is 0 Å². The van der Waals surface area contributed by atoms with Gasteiger partial charge in [-0.2, -0.15) is 0 Å². The number of nitrogens with one attached hydrogen (secondary N) is 1. The van der Waals surface area contributed by atoms with Crippen LogP contribution in [0.1, 0.15) is 43.0 Å². The van der Waals surface area contributed by atoms with Crippen LogP contribution in [0, 0.1) is 5.92 Å². The van der Waals surface area contributed by atoms with Crippen molar-refractivity contribution in [3.8, 4) is 0 Å². The minimum absolute atomic E-state index is 0. The number of anilines is 1. The van der Waals surface area contributed by atoms with Crippen LogP contribution in [-0.2, 0) is 4.79 Å². The number of aromatic nitrogens is 1. The summed E-state index contributed by atoms with van der Waals surface area (Å²) in [6.45, 7) is 4.03. The maximum atomic E-state index is 11.6. The molecule has 0 bridgehead atoms. The molecule has 1 unspecified atom stereocenters. The molecule has 0 saturated heterocycles. The fourth-order valence-corrected chi connectivity index (χ4v) is 3.39. The van der Waals surface area contributed by atoms with Crippen molar-refractivity contribution < 1.29 is 9.90 Å². The van der Waals surface area contributed by atoms with Crippen molar-refractivity contribution in [2.45, 2.75) is 32.2 Å². The standard InChI is InChI=1S/C24H26N2O2.Na/c1-17(2)16-21(24(27)28)26-22-15-9-14-20(25-22)23(18-10-5-3-6-11-18)19-12-7-4-8-13-19;/h3-15,17,21,23H,16H2,1-2H3,(H,25,26)(H,27,28);. The molecule has 0 amide bonds. The molecule has 2 aromatic carbocycles. The van der Waals surface area contributed by atoms with E-state index in [2.05, 4.69) is 29.6 Å². The molecule has 29 heavy (non-hydrogen) atoms. The zero-order valence-electron chi connectivity index (χ0n) is 17.2. The number of pyridine rings is 1. The molecule has 1 aromatic heterocycles. The summed E-state index contributed by atoms with van der Waals surface area (Å²) in [5.41, 5.74) is 3.18. The summed E-state index contributed by atoms with van der Waals surface area (Å²) < 4.78 is 0. The van der Waals surface area contributed by atoms with Gasteiger partial charge in [-0.15, -0.1) is 0 Å². The number of carbonyl (C=O) groups is 1. The summed E-state index contributed by atoms with van der Waals surface area (Å²) in [5.74, 6) is -0.0123. The zero-order chi connectivity index (χ0) is 19.9. The van der Waals surface area contributed by atoms with Crippen molar-refractivity contribution in [3.63, 3.8) is 0 Å². The first kappa shape index (κ1) is 23.1. The molecule has 0 fully saturated rings. The number of aliphatic carboxylic acids is 1. The molecule has 0 aliphatic carbocycles. The first-order valence-electron chi connectivity index (χ1n) is 9.60. The van der Waals surface area contributed by atoms with E-state index in [1.807, 2.05) is 68.4 Å². The van der Waals surface area contributed by atoms with Crippen LogP contribution >= 0.6 is 0 Å². The molecular formula is C24H26N2NaO2. The number of nitrogens with zero attached hydrogens (tertiary/aromatic N) is 1. The fraction of sp³-hybridized carbons (Fsp3) is 0.250. The second-order valence-corrected chi connectivity index (χ2v) is 7.37. The molecule has 2 N–H and O–H groups in total. The second kappa shape index (κ2) is 11.1. The number of carboxylic acids is 1. The molecule has 1 atom stereocenters. The van der Waals surface area contributed by atoms with Gasteiger partial charge in [0, 0.05) is 29.6 Å². The molecular weight excluding hydrogens is 371 g/mol. The van der Waals surface area contributed by atoms with Gasteiger partial charge < -0.3 is 10.4 Å². The maximum absolute atomic E-state index is 11.6. The molecule has 0 saturated carbocycles. The first-order chi connectivity index (χ1) is 13.5. The number of carboxylic acid groups (broad SMARTS) is 1. The number of hydrogen-bond donors (Lipinski definition) is 2. The molecule has 4 nitrogen and oxygen atoms in total. The van der Waals surface area contributed by atoms with Gasteiger partial charge in [0.15, 0.2) is 0 Å². The first-order valence-corrected chi connectivity index (χ1v) is 9.60. The molecule has 3 aromatic rings. The summed E-state index contributed by atoms with van der Waals surface area (Å²) in [6, 6.07) is 25.6. The molecule has 3 rings (SSSR count). The summed E-state index contributed by atoms with van der Waals surface area (Å²) in [7, 11) is 0. The van der Waals surface area contributed by atoms with Crippen molar-refractivity contribution in [1.29, 1.82) is 0 Å². The molecule has 0 aliphatic heterocycles. The Hall–Kier alpha value is -2.14. The topological polar surface area (TPSA) is 62.2 Å². The van der Waals surface area contributed by atoms with Crippen LogP contribution in [0.5, 0.6) is 0 Å². The quantitative estimate of drug-likeness (QED) is 0.537. The van der Waals surface area contributed by atoms with E-state index in [9.17, 15) is 9.90 Å². The second-order valence-electron chi connectivity index (χ2n) is 7.37. The van der Waals surface area contributed by atoms with Crippen LogP contribution in [0.25, 0.3) is 0 Å². The van der Waals surface area contributed by atoms with Crippen molar-refractivity contribution >= 4 is 41.3 Å².